The molecular weight excluding hydrogens is 561 g/mol. The third-order valence-corrected chi connectivity index (χ3v) is 7.85. The van der Waals surface area contributed by atoms with Gasteiger partial charge in [0.05, 0.1) is 34.0 Å². The van der Waals surface area contributed by atoms with Crippen LogP contribution in [-0.4, -0.2) is 35.4 Å². The van der Waals surface area contributed by atoms with E-state index in [1.165, 1.54) is 22.7 Å². The van der Waals surface area contributed by atoms with E-state index in [-0.39, 0.29) is 23.4 Å². The van der Waals surface area contributed by atoms with E-state index in [1.54, 1.807) is 13.8 Å². The second kappa shape index (κ2) is 12.8. The summed E-state index contributed by atoms with van der Waals surface area (Å²) >= 11 is 13.5. The molecule has 0 saturated carbocycles. The van der Waals surface area contributed by atoms with Gasteiger partial charge in [0.2, 0.25) is 0 Å². The number of hydrogen-bond acceptors (Lipinski definition) is 8. The van der Waals surface area contributed by atoms with Crippen molar-refractivity contribution in [1.29, 1.82) is 0 Å². The lowest BCUT2D eigenvalue weighted by atomic mass is 10.2. The van der Waals surface area contributed by atoms with E-state index in [4.69, 9.17) is 33.9 Å². The van der Waals surface area contributed by atoms with Gasteiger partial charge in [0.1, 0.15) is 9.75 Å². The Morgan fingerprint density at radius 1 is 0.684 bits per heavy atom. The number of esters is 2. The number of nitrogens with one attached hydrogen (secondary N) is 4. The fourth-order valence-electron chi connectivity index (χ4n) is 3.48. The van der Waals surface area contributed by atoms with Crippen LogP contribution in [0.4, 0.5) is 22.7 Å². The number of hydrogen-bond donors (Lipinski definition) is 4. The molecule has 4 aromatic rings. The van der Waals surface area contributed by atoms with Gasteiger partial charge in [-0.1, -0.05) is 36.4 Å². The first-order valence-electron chi connectivity index (χ1n) is 11.6. The van der Waals surface area contributed by atoms with E-state index in [0.717, 1.165) is 11.4 Å². The van der Waals surface area contributed by atoms with Gasteiger partial charge in [-0.15, -0.1) is 22.7 Å². The molecule has 0 amide bonds. The van der Waals surface area contributed by atoms with Gasteiger partial charge in [-0.2, -0.15) is 0 Å². The monoisotopic (exact) mass is 584 g/mol. The van der Waals surface area contributed by atoms with Crippen molar-refractivity contribution in [1.82, 2.24) is 0 Å². The normalized spacial score (nSPS) is 10.5. The number of carbonyl (C=O) groups excluding carboxylic acids is 2. The summed E-state index contributed by atoms with van der Waals surface area (Å²) in [6.45, 7) is 3.89. The number of carbonyl (C=O) groups is 2. The average Bonchev–Trinajstić information content (AvgIpc) is 3.42. The molecule has 0 aliphatic heterocycles. The molecule has 4 rings (SSSR count). The predicted octanol–water partition coefficient (Wildman–Crippen LogP) is 6.93. The molecule has 0 saturated heterocycles. The Balaban J connectivity index is 1.77. The quantitative estimate of drug-likeness (QED) is 0.129. The molecule has 0 aliphatic carbocycles. The highest BCUT2D eigenvalue weighted by Crippen LogP contribution is 2.48. The van der Waals surface area contributed by atoms with Crippen molar-refractivity contribution in [2.45, 2.75) is 13.8 Å². The molecule has 38 heavy (non-hydrogen) atoms. The zero-order chi connectivity index (χ0) is 27.1. The topological polar surface area (TPSA) is 101 Å². The Hall–Kier alpha value is -3.58. The van der Waals surface area contributed by atoms with E-state index in [2.05, 4.69) is 21.3 Å². The highest BCUT2D eigenvalue weighted by molar-refractivity contribution is 7.81. The van der Waals surface area contributed by atoms with Gasteiger partial charge >= 0.3 is 11.9 Å². The number of benzene rings is 2. The summed E-state index contributed by atoms with van der Waals surface area (Å²) in [6.07, 6.45) is 0. The second-order valence-corrected chi connectivity index (χ2v) is 10.7. The minimum Gasteiger partial charge on any atom is -0.462 e. The first kappa shape index (κ1) is 27.5. The molecule has 196 valence electrons. The van der Waals surface area contributed by atoms with Crippen LogP contribution in [0.3, 0.4) is 0 Å². The Kier molecular flexibility index (Phi) is 9.24. The van der Waals surface area contributed by atoms with Gasteiger partial charge in [-0.05, 0) is 62.5 Å². The number of thiophene rings is 2. The van der Waals surface area contributed by atoms with Gasteiger partial charge in [-0.3, -0.25) is 0 Å². The van der Waals surface area contributed by atoms with Crippen LogP contribution >= 0.6 is 47.1 Å². The molecule has 8 nitrogen and oxygen atoms in total. The van der Waals surface area contributed by atoms with E-state index < -0.39 is 11.9 Å². The van der Waals surface area contributed by atoms with E-state index in [0.29, 0.717) is 30.5 Å². The molecule has 0 aliphatic rings. The number of thiocarbonyl (C=S) groups is 2. The first-order valence-corrected chi connectivity index (χ1v) is 14.1. The third-order valence-electron chi connectivity index (χ3n) is 5.01. The van der Waals surface area contributed by atoms with E-state index >= 15 is 0 Å². The van der Waals surface area contributed by atoms with Gasteiger partial charge in [0, 0.05) is 11.4 Å². The van der Waals surface area contributed by atoms with Crippen molar-refractivity contribution in [2.75, 3.05) is 34.5 Å². The van der Waals surface area contributed by atoms with Crippen molar-refractivity contribution in [3.63, 3.8) is 0 Å². The number of para-hydroxylation sites is 2. The molecule has 4 N–H and O–H groups in total. The van der Waals surface area contributed by atoms with Gasteiger partial charge < -0.3 is 30.7 Å². The number of rotatable bonds is 8. The molecule has 2 heterocycles. The Labute approximate surface area is 238 Å². The second-order valence-electron chi connectivity index (χ2n) is 7.61. The average molecular weight is 585 g/mol. The zero-order valence-electron chi connectivity index (χ0n) is 20.5. The van der Waals surface area contributed by atoms with Crippen molar-refractivity contribution < 1.29 is 19.1 Å². The molecule has 0 atom stereocenters. The smallest absolute Gasteiger partial charge is 0.350 e. The van der Waals surface area contributed by atoms with Gasteiger partial charge in [0.15, 0.2) is 10.2 Å². The minimum atomic E-state index is -0.500. The molecule has 12 heteroatoms. The summed E-state index contributed by atoms with van der Waals surface area (Å²) in [7, 11) is 0. The highest BCUT2D eigenvalue weighted by Gasteiger charge is 2.29. The Morgan fingerprint density at radius 2 is 1.08 bits per heavy atom. The van der Waals surface area contributed by atoms with Crippen LogP contribution < -0.4 is 21.3 Å². The fourth-order valence-corrected chi connectivity index (χ4v) is 6.37. The molecular formula is C26H24N4O4S4. The maximum atomic E-state index is 12.9. The minimum absolute atomic E-state index is 0.209. The summed E-state index contributed by atoms with van der Waals surface area (Å²) in [5, 5.41) is 13.6. The molecule has 0 spiro atoms. The van der Waals surface area contributed by atoms with Crippen LogP contribution in [0.2, 0.25) is 0 Å². The molecule has 0 radical (unpaired) electrons. The lowest BCUT2D eigenvalue weighted by Crippen LogP contribution is -2.22. The van der Waals surface area contributed by atoms with Gasteiger partial charge in [0.25, 0.3) is 0 Å². The molecule has 2 aromatic heterocycles. The van der Waals surface area contributed by atoms with Crippen LogP contribution in [-0.2, 0) is 9.47 Å². The fraction of sp³-hybridized carbons (Fsp3) is 0.154. The maximum absolute atomic E-state index is 12.9. The molecule has 0 bridgehead atoms. The summed E-state index contributed by atoms with van der Waals surface area (Å²) in [6, 6.07) is 18.8. The molecule has 0 unspecified atom stereocenters. The first-order chi connectivity index (χ1) is 18.4. The Bertz CT molecular complexity index is 1360. The number of anilines is 4. The van der Waals surface area contributed by atoms with Crippen molar-refractivity contribution in [3.05, 3.63) is 70.4 Å². The lowest BCUT2D eigenvalue weighted by Gasteiger charge is -2.14. The van der Waals surface area contributed by atoms with Crippen LogP contribution in [0.15, 0.2) is 60.7 Å². The van der Waals surface area contributed by atoms with Crippen molar-refractivity contribution >= 4 is 101 Å². The van der Waals surface area contributed by atoms with Crippen LogP contribution in [0, 0.1) is 0 Å². The van der Waals surface area contributed by atoms with Crippen LogP contribution in [0.1, 0.15) is 33.2 Å². The van der Waals surface area contributed by atoms with E-state index in [1.807, 2.05) is 60.7 Å². The van der Waals surface area contributed by atoms with Crippen LogP contribution in [0.25, 0.3) is 9.40 Å². The van der Waals surface area contributed by atoms with E-state index in [9.17, 15) is 9.59 Å². The molecule has 2 aromatic carbocycles. The largest absolute Gasteiger partial charge is 0.462 e. The summed E-state index contributed by atoms with van der Waals surface area (Å²) in [5.74, 6) is -1.00. The lowest BCUT2D eigenvalue weighted by molar-refractivity contribution is 0.0524. The van der Waals surface area contributed by atoms with Crippen molar-refractivity contribution in [3.8, 4) is 0 Å². The van der Waals surface area contributed by atoms with Gasteiger partial charge in [-0.25, -0.2) is 9.59 Å². The van der Waals surface area contributed by atoms with Crippen LogP contribution in [0.5, 0.6) is 0 Å². The Morgan fingerprint density at radius 3 is 1.45 bits per heavy atom. The van der Waals surface area contributed by atoms with Crippen molar-refractivity contribution in [2.24, 2.45) is 0 Å². The highest BCUT2D eigenvalue weighted by atomic mass is 32.2. The predicted molar refractivity (Wildman–Crippen MR) is 164 cm³/mol. The maximum Gasteiger partial charge on any atom is 0.350 e. The third kappa shape index (κ3) is 6.45. The molecule has 0 fully saturated rings. The summed E-state index contributed by atoms with van der Waals surface area (Å²) < 4.78 is 11.3. The summed E-state index contributed by atoms with van der Waals surface area (Å²) in [5.41, 5.74) is 2.37. The SMILES string of the molecule is CCOC(=O)c1sc2sc(C(=O)OCC)c(NC(=S)Nc3ccccc3)c2c1NC(=S)Nc1ccccc1. The number of ether oxygens (including phenoxy) is 2. The zero-order valence-corrected chi connectivity index (χ0v) is 23.7. The number of fused-ring (bicyclic) bond motifs is 1. The standard InChI is InChI=1S/C26H24N4O4S4/c1-3-33-22(31)20-18(29-25(35)27-15-11-7-5-8-12-15)17-19(21(23(32)34-4-2)38-24(17)37-20)30-26(36)28-16-13-9-6-10-14-16/h5-14H,3-4H2,1-2H3,(H2,27,29,35)(H2,28,30,36). The summed E-state index contributed by atoms with van der Waals surface area (Å²) in [4.78, 5) is 26.5.